The molecule has 38 valence electrons. The summed E-state index contributed by atoms with van der Waals surface area (Å²) >= 11 is 5.55. The minimum absolute atomic E-state index is 0.0631. The summed E-state index contributed by atoms with van der Waals surface area (Å²) in [7, 11) is 0.288. The van der Waals surface area contributed by atoms with Crippen LogP contribution in [-0.2, 0) is 0 Å². The van der Waals surface area contributed by atoms with Gasteiger partial charge in [-0.1, -0.05) is 18.6 Å². The van der Waals surface area contributed by atoms with Crippen molar-refractivity contribution in [1.82, 2.24) is 0 Å². The summed E-state index contributed by atoms with van der Waals surface area (Å²) in [4.78, 5) is 0. The molecular weight excluding hydrogens is 128 g/mol. The minimum Gasteiger partial charge on any atom is -0.176 e. The van der Waals surface area contributed by atoms with Crippen molar-refractivity contribution in [2.24, 2.45) is 0 Å². The Kier molecular flexibility index (Phi) is 6.41. The monoisotopic (exact) mass is 138 g/mol. The maximum absolute atomic E-state index is 5.55. The van der Waals surface area contributed by atoms with Gasteiger partial charge in [-0.15, -0.1) is 0 Å². The van der Waals surface area contributed by atoms with Crippen LogP contribution in [0.5, 0.6) is 0 Å². The fraction of sp³-hybridized carbons (Fsp3) is 1.00. The van der Waals surface area contributed by atoms with Gasteiger partial charge in [-0.2, -0.15) is 11.1 Å². The van der Waals surface area contributed by atoms with Gasteiger partial charge in [0.1, 0.15) is 8.83 Å². The van der Waals surface area contributed by atoms with Crippen molar-refractivity contribution in [2.75, 3.05) is 0 Å². The molecule has 3 heteroatoms. The summed E-state index contributed by atoms with van der Waals surface area (Å²) < 4.78 is 0. The van der Waals surface area contributed by atoms with Gasteiger partial charge >= 0.3 is 0 Å². The summed E-state index contributed by atoms with van der Waals surface area (Å²) in [5.74, 6) is 0. The molecular formula is C3H11ClSi2. The van der Waals surface area contributed by atoms with Gasteiger partial charge in [0.15, 0.2) is 0 Å². The van der Waals surface area contributed by atoms with E-state index >= 15 is 0 Å². The van der Waals surface area contributed by atoms with Crippen LogP contribution in [0.1, 0.15) is 6.92 Å². The van der Waals surface area contributed by atoms with E-state index in [0.29, 0.717) is 9.52 Å². The summed E-state index contributed by atoms with van der Waals surface area (Å²) in [5.41, 5.74) is 1.46. The van der Waals surface area contributed by atoms with Crippen LogP contribution >= 0.6 is 11.1 Å². The average molecular weight is 139 g/mol. The quantitative estimate of drug-likeness (QED) is 0.299. The van der Waals surface area contributed by atoms with Crippen molar-refractivity contribution in [3.63, 3.8) is 0 Å². The van der Waals surface area contributed by atoms with E-state index in [1.165, 1.54) is 11.7 Å². The highest BCUT2D eigenvalue weighted by Gasteiger charge is 1.79. The summed E-state index contributed by atoms with van der Waals surface area (Å²) in [5, 5.41) is 0. The van der Waals surface area contributed by atoms with Crippen LogP contribution in [0.3, 0.4) is 0 Å². The molecule has 0 spiro atoms. The molecule has 0 saturated heterocycles. The molecule has 0 aromatic carbocycles. The number of hydrogen-bond acceptors (Lipinski definition) is 0. The third-order valence-corrected chi connectivity index (χ3v) is 6.92. The Labute approximate surface area is 48.6 Å². The molecule has 0 nitrogen and oxygen atoms in total. The van der Waals surface area contributed by atoms with Gasteiger partial charge in [-0.25, -0.2) is 0 Å². The molecule has 0 rings (SSSR count). The van der Waals surface area contributed by atoms with Gasteiger partial charge in [0, 0.05) is 9.52 Å². The Morgan fingerprint density at radius 1 is 1.67 bits per heavy atom. The van der Waals surface area contributed by atoms with Crippen molar-refractivity contribution < 1.29 is 0 Å². The van der Waals surface area contributed by atoms with E-state index in [1.807, 2.05) is 0 Å². The second kappa shape index (κ2) is 5.72. The molecule has 0 aliphatic carbocycles. The van der Waals surface area contributed by atoms with Crippen LogP contribution in [0.2, 0.25) is 11.7 Å². The molecule has 0 N–H and O–H groups in total. The third kappa shape index (κ3) is 4.72. The molecule has 0 saturated carbocycles. The lowest BCUT2D eigenvalue weighted by Gasteiger charge is -1.82. The Bertz CT molecular complexity index is 20.8. The lowest BCUT2D eigenvalue weighted by molar-refractivity contribution is 1.45. The summed E-state index contributed by atoms with van der Waals surface area (Å²) in [6.07, 6.45) is 0. The zero-order valence-electron chi connectivity index (χ0n) is 4.21. The van der Waals surface area contributed by atoms with Gasteiger partial charge in [0.25, 0.3) is 0 Å². The fourth-order valence-corrected chi connectivity index (χ4v) is 4.80. The number of hydrogen-bond donors (Lipinski definition) is 0. The first-order valence-electron chi connectivity index (χ1n) is 2.47. The maximum Gasteiger partial charge on any atom is 0.122 e. The minimum atomic E-state index is -0.0631. The van der Waals surface area contributed by atoms with E-state index in [0.717, 1.165) is 0 Å². The zero-order valence-corrected chi connectivity index (χ0v) is 7.79. The van der Waals surface area contributed by atoms with E-state index in [2.05, 4.69) is 6.92 Å². The molecule has 0 radical (unpaired) electrons. The molecule has 0 aliphatic heterocycles. The Hall–Kier alpha value is 0.724. The first-order valence-corrected chi connectivity index (χ1v) is 7.61. The Morgan fingerprint density at radius 3 is 2.50 bits per heavy atom. The standard InChI is InChI=1S/C3H11ClSi2/c1-2-5-3-6-4/h2-3,5-6H2,1H3. The highest BCUT2D eigenvalue weighted by atomic mass is 35.6. The Balaban J connectivity index is 2.34. The zero-order chi connectivity index (χ0) is 4.83. The van der Waals surface area contributed by atoms with Crippen molar-refractivity contribution in [3.05, 3.63) is 0 Å². The maximum atomic E-state index is 5.55. The SMILES string of the molecule is CC[SiH2]C[SiH2]Cl. The molecule has 0 amide bonds. The van der Waals surface area contributed by atoms with E-state index in [9.17, 15) is 0 Å². The fourth-order valence-electron chi connectivity index (χ4n) is 0.344. The highest BCUT2D eigenvalue weighted by Crippen LogP contribution is 1.82. The van der Waals surface area contributed by atoms with Crippen LogP contribution in [0, 0.1) is 0 Å². The lowest BCUT2D eigenvalue weighted by atomic mass is 11.0. The lowest BCUT2D eigenvalue weighted by Crippen LogP contribution is -1.87. The van der Waals surface area contributed by atoms with Crippen LogP contribution in [-0.4, -0.2) is 18.3 Å². The predicted octanol–water partition coefficient (Wildman–Crippen LogP) is 0.292. The van der Waals surface area contributed by atoms with Crippen molar-refractivity contribution in [1.29, 1.82) is 0 Å². The normalized spacial score (nSPS) is 13.0. The third-order valence-electron chi connectivity index (χ3n) is 0.737. The summed E-state index contributed by atoms with van der Waals surface area (Å²) in [6, 6.07) is 1.44. The largest absolute Gasteiger partial charge is 0.176 e. The smallest absolute Gasteiger partial charge is 0.122 e. The van der Waals surface area contributed by atoms with E-state index in [-0.39, 0.29) is 8.83 Å². The van der Waals surface area contributed by atoms with Crippen molar-refractivity contribution in [2.45, 2.75) is 18.6 Å². The van der Waals surface area contributed by atoms with E-state index in [4.69, 9.17) is 11.1 Å². The van der Waals surface area contributed by atoms with Gasteiger partial charge < -0.3 is 0 Å². The van der Waals surface area contributed by atoms with Gasteiger partial charge in [-0.05, 0) is 0 Å². The van der Waals surface area contributed by atoms with Crippen LogP contribution in [0.25, 0.3) is 0 Å². The second-order valence-corrected chi connectivity index (χ2v) is 7.44. The molecule has 0 aromatic heterocycles. The van der Waals surface area contributed by atoms with Gasteiger partial charge in [-0.3, -0.25) is 0 Å². The second-order valence-electron chi connectivity index (χ2n) is 1.40. The highest BCUT2D eigenvalue weighted by molar-refractivity contribution is 6.96. The average Bonchev–Trinajstić information content (AvgIpc) is 1.61. The van der Waals surface area contributed by atoms with Gasteiger partial charge in [0.2, 0.25) is 0 Å². The first kappa shape index (κ1) is 6.72. The molecule has 0 fully saturated rings. The van der Waals surface area contributed by atoms with E-state index in [1.54, 1.807) is 0 Å². The predicted molar refractivity (Wildman–Crippen MR) is 38.2 cm³/mol. The Morgan fingerprint density at radius 2 is 2.33 bits per heavy atom. The van der Waals surface area contributed by atoms with Crippen molar-refractivity contribution in [3.8, 4) is 0 Å². The molecule has 0 unspecified atom stereocenters. The van der Waals surface area contributed by atoms with Gasteiger partial charge in [0.05, 0.1) is 0 Å². The topological polar surface area (TPSA) is 0 Å². The van der Waals surface area contributed by atoms with Crippen LogP contribution in [0.15, 0.2) is 0 Å². The molecule has 0 bridgehead atoms. The number of rotatable bonds is 3. The first-order chi connectivity index (χ1) is 2.91. The van der Waals surface area contributed by atoms with Crippen molar-refractivity contribution >= 4 is 29.4 Å². The van der Waals surface area contributed by atoms with E-state index < -0.39 is 0 Å². The molecule has 6 heavy (non-hydrogen) atoms. The molecule has 0 aliphatic rings. The number of halogens is 1. The molecule has 0 aromatic rings. The van der Waals surface area contributed by atoms with Crippen LogP contribution in [0.4, 0.5) is 0 Å². The van der Waals surface area contributed by atoms with Crippen LogP contribution < -0.4 is 0 Å². The summed E-state index contributed by atoms with van der Waals surface area (Å²) in [6.45, 7) is 2.26. The molecule has 0 atom stereocenters. The molecule has 0 heterocycles.